The Morgan fingerprint density at radius 2 is 2.11 bits per heavy atom. The van der Waals surface area contributed by atoms with E-state index in [1.54, 1.807) is 6.08 Å². The third-order valence-corrected chi connectivity index (χ3v) is 9.05. The summed E-state index contributed by atoms with van der Waals surface area (Å²) in [6.45, 7) is 5.52. The third-order valence-electron chi connectivity index (χ3n) is 9.05. The van der Waals surface area contributed by atoms with Crippen LogP contribution >= 0.6 is 0 Å². The number of carbonyl (C=O) groups is 2. The van der Waals surface area contributed by atoms with Gasteiger partial charge in [-0.2, -0.15) is 0 Å². The van der Waals surface area contributed by atoms with Crippen molar-refractivity contribution < 1.29 is 24.5 Å². The van der Waals surface area contributed by atoms with E-state index in [9.17, 15) is 19.8 Å². The zero-order valence-electron chi connectivity index (χ0n) is 16.2. The van der Waals surface area contributed by atoms with Gasteiger partial charge in [-0.25, -0.2) is 0 Å². The third kappa shape index (κ3) is 1.73. The molecule has 2 N–H and O–H groups in total. The van der Waals surface area contributed by atoms with Crippen LogP contribution in [0.1, 0.15) is 46.5 Å². The molecule has 2 unspecified atom stereocenters. The SMILES string of the molecule is C[C@H]1CC2C3C=CC4=CC(=O)CC[C@]4(C)[C@@]34O[C@H]4C[C@]2(C)[C@@]1(O)C(=O)CO. The number of hydrogen-bond acceptors (Lipinski definition) is 5. The van der Waals surface area contributed by atoms with Gasteiger partial charge >= 0.3 is 0 Å². The first-order valence-corrected chi connectivity index (χ1v) is 10.1. The summed E-state index contributed by atoms with van der Waals surface area (Å²) < 4.78 is 6.43. The number of ketones is 2. The minimum atomic E-state index is -1.52. The monoisotopic (exact) mass is 372 g/mol. The minimum Gasteiger partial charge on any atom is -0.388 e. The average molecular weight is 372 g/mol. The lowest BCUT2D eigenvalue weighted by Crippen LogP contribution is -2.62. The van der Waals surface area contributed by atoms with Crippen LogP contribution in [0.5, 0.6) is 0 Å². The summed E-state index contributed by atoms with van der Waals surface area (Å²) in [5, 5.41) is 21.0. The molecular formula is C22H28O5. The fourth-order valence-electron chi connectivity index (χ4n) is 7.51. The van der Waals surface area contributed by atoms with Gasteiger partial charge in [0.1, 0.15) is 17.8 Å². The zero-order chi connectivity index (χ0) is 19.4. The van der Waals surface area contributed by atoms with Gasteiger partial charge in [0, 0.05) is 23.2 Å². The summed E-state index contributed by atoms with van der Waals surface area (Å²) >= 11 is 0. The van der Waals surface area contributed by atoms with Crippen LogP contribution in [-0.2, 0) is 14.3 Å². The maximum Gasteiger partial charge on any atom is 0.190 e. The predicted octanol–water partition coefficient (Wildman–Crippen LogP) is 1.96. The number of rotatable bonds is 2. The molecule has 8 atom stereocenters. The van der Waals surface area contributed by atoms with Crippen molar-refractivity contribution in [3.63, 3.8) is 0 Å². The first-order valence-electron chi connectivity index (χ1n) is 10.1. The molecule has 146 valence electrons. The normalized spacial score (nSPS) is 55.1. The molecule has 2 saturated carbocycles. The number of aliphatic hydroxyl groups is 2. The van der Waals surface area contributed by atoms with E-state index in [-0.39, 0.29) is 40.7 Å². The highest BCUT2D eigenvalue weighted by Gasteiger charge is 2.81. The van der Waals surface area contributed by atoms with Gasteiger partial charge in [0.05, 0.1) is 6.10 Å². The van der Waals surface area contributed by atoms with Crippen molar-refractivity contribution in [2.24, 2.45) is 28.6 Å². The molecule has 5 nitrogen and oxygen atoms in total. The largest absolute Gasteiger partial charge is 0.388 e. The Hall–Kier alpha value is -1.30. The molecule has 4 aliphatic carbocycles. The van der Waals surface area contributed by atoms with Gasteiger partial charge in [0.2, 0.25) is 0 Å². The van der Waals surface area contributed by atoms with Gasteiger partial charge < -0.3 is 14.9 Å². The van der Waals surface area contributed by atoms with E-state index in [0.29, 0.717) is 12.8 Å². The van der Waals surface area contributed by atoms with E-state index in [1.807, 2.05) is 13.8 Å². The molecule has 5 rings (SSSR count). The minimum absolute atomic E-state index is 0.0291. The highest BCUT2D eigenvalue weighted by molar-refractivity contribution is 5.92. The lowest BCUT2D eigenvalue weighted by Gasteiger charge is -2.54. The van der Waals surface area contributed by atoms with Crippen LogP contribution in [0.15, 0.2) is 23.8 Å². The Labute approximate surface area is 159 Å². The molecule has 27 heavy (non-hydrogen) atoms. The lowest BCUT2D eigenvalue weighted by molar-refractivity contribution is -0.164. The summed E-state index contributed by atoms with van der Waals surface area (Å²) in [4.78, 5) is 24.6. The highest BCUT2D eigenvalue weighted by Crippen LogP contribution is 2.75. The number of epoxide rings is 1. The summed E-state index contributed by atoms with van der Waals surface area (Å²) in [5.41, 5.74) is -1.59. The average Bonchev–Trinajstić information content (AvgIpc) is 3.31. The van der Waals surface area contributed by atoms with Gasteiger partial charge in [0.15, 0.2) is 11.6 Å². The molecule has 0 aromatic rings. The van der Waals surface area contributed by atoms with Crippen molar-refractivity contribution in [3.8, 4) is 0 Å². The number of hydrogen-bond donors (Lipinski definition) is 2. The fraction of sp³-hybridized carbons (Fsp3) is 0.727. The van der Waals surface area contributed by atoms with Crippen LogP contribution in [0, 0.1) is 28.6 Å². The van der Waals surface area contributed by atoms with E-state index in [0.717, 1.165) is 18.4 Å². The zero-order valence-corrected chi connectivity index (χ0v) is 16.2. The number of carbonyl (C=O) groups excluding carboxylic acids is 2. The van der Waals surface area contributed by atoms with E-state index in [4.69, 9.17) is 4.74 Å². The topological polar surface area (TPSA) is 87.1 Å². The molecule has 5 heteroatoms. The van der Waals surface area contributed by atoms with Crippen molar-refractivity contribution in [1.29, 1.82) is 0 Å². The molecule has 0 bridgehead atoms. The van der Waals surface area contributed by atoms with Gasteiger partial charge in [-0.1, -0.05) is 32.9 Å². The Morgan fingerprint density at radius 1 is 1.37 bits per heavy atom. The Balaban J connectivity index is 1.63. The summed E-state index contributed by atoms with van der Waals surface area (Å²) in [7, 11) is 0. The molecule has 3 fully saturated rings. The number of allylic oxidation sites excluding steroid dienone is 2. The van der Waals surface area contributed by atoms with Crippen LogP contribution in [0.3, 0.4) is 0 Å². The molecule has 5 aliphatic rings. The second-order valence-corrected chi connectivity index (χ2v) is 9.90. The maximum absolute atomic E-state index is 12.6. The molecule has 0 amide bonds. The molecule has 0 aromatic carbocycles. The molecule has 1 saturated heterocycles. The van der Waals surface area contributed by atoms with Gasteiger partial charge in [0.25, 0.3) is 0 Å². The van der Waals surface area contributed by atoms with E-state index in [1.165, 1.54) is 0 Å². The molecule has 1 aliphatic heterocycles. The standard InChI is InChI=1S/C22H28O5/c1-12-8-16-15-5-4-13-9-14(24)6-7-19(13,2)22(15)18(27-22)10-20(16,3)21(12,26)17(25)11-23/h4-5,9,12,15-16,18,23,26H,6-8,10-11H2,1-3H3/t12-,15?,16?,18-,19-,20-,21-,22+/m0/s1. The quantitative estimate of drug-likeness (QED) is 0.724. The molecule has 0 aromatic heterocycles. The van der Waals surface area contributed by atoms with E-state index < -0.39 is 23.4 Å². The predicted molar refractivity (Wildman–Crippen MR) is 97.7 cm³/mol. The Bertz CT molecular complexity index is 814. The Kier molecular flexibility index (Phi) is 3.29. The van der Waals surface area contributed by atoms with Crippen LogP contribution in [0.2, 0.25) is 0 Å². The molecule has 0 radical (unpaired) electrons. The van der Waals surface area contributed by atoms with E-state index >= 15 is 0 Å². The van der Waals surface area contributed by atoms with Crippen molar-refractivity contribution in [3.05, 3.63) is 23.8 Å². The fourth-order valence-corrected chi connectivity index (χ4v) is 7.51. The number of Topliss-reactive ketones (excluding diaryl/α,β-unsaturated/α-hetero) is 1. The number of ether oxygens (including phenoxy) is 1. The Morgan fingerprint density at radius 3 is 2.81 bits per heavy atom. The number of fused-ring (bicyclic) bond motifs is 3. The van der Waals surface area contributed by atoms with Gasteiger partial charge in [-0.3, -0.25) is 9.59 Å². The van der Waals surface area contributed by atoms with Crippen LogP contribution < -0.4 is 0 Å². The molecule has 1 spiro atoms. The second kappa shape index (κ2) is 5.00. The van der Waals surface area contributed by atoms with Crippen molar-refractivity contribution in [2.75, 3.05) is 6.61 Å². The summed E-state index contributed by atoms with van der Waals surface area (Å²) in [6, 6.07) is 0. The van der Waals surface area contributed by atoms with Crippen LogP contribution in [0.4, 0.5) is 0 Å². The van der Waals surface area contributed by atoms with E-state index in [2.05, 4.69) is 19.1 Å². The van der Waals surface area contributed by atoms with Crippen LogP contribution in [0.25, 0.3) is 0 Å². The van der Waals surface area contributed by atoms with Crippen LogP contribution in [-0.4, -0.2) is 45.7 Å². The summed E-state index contributed by atoms with van der Waals surface area (Å²) in [5.74, 6) is -0.272. The molecular weight excluding hydrogens is 344 g/mol. The first kappa shape index (κ1) is 17.8. The first-order chi connectivity index (χ1) is 12.6. The lowest BCUT2D eigenvalue weighted by atomic mass is 9.47. The highest BCUT2D eigenvalue weighted by atomic mass is 16.6. The van der Waals surface area contributed by atoms with Gasteiger partial charge in [-0.05, 0) is 42.7 Å². The molecule has 1 heterocycles. The van der Waals surface area contributed by atoms with Crippen molar-refractivity contribution in [1.82, 2.24) is 0 Å². The van der Waals surface area contributed by atoms with Gasteiger partial charge in [-0.15, -0.1) is 0 Å². The smallest absolute Gasteiger partial charge is 0.190 e. The number of aliphatic hydroxyl groups excluding tert-OH is 1. The second-order valence-electron chi connectivity index (χ2n) is 9.90. The van der Waals surface area contributed by atoms with Crippen molar-refractivity contribution in [2.45, 2.75) is 63.8 Å². The summed E-state index contributed by atoms with van der Waals surface area (Å²) in [6.07, 6.45) is 8.67. The van der Waals surface area contributed by atoms with Crippen molar-refractivity contribution >= 4 is 11.6 Å². The maximum atomic E-state index is 12.6.